The second-order valence-corrected chi connectivity index (χ2v) is 5.04. The van der Waals surface area contributed by atoms with Gasteiger partial charge in [0.25, 0.3) is 5.69 Å². The zero-order valence-electron chi connectivity index (χ0n) is 13.4. The predicted octanol–water partition coefficient (Wildman–Crippen LogP) is 2.70. The number of benzene rings is 2. The molecule has 0 unspecified atom stereocenters. The Morgan fingerprint density at radius 3 is 2.26 bits per heavy atom. The SMILES string of the molecule is O=C(N/N=C\c1ccccc1C(F)(F)F)C(=O)Nc1ccc([N+](=O)[O-])cc1. The molecular formula is C16H11F3N4O4. The Morgan fingerprint density at radius 1 is 1.04 bits per heavy atom. The molecule has 0 bridgehead atoms. The molecule has 140 valence electrons. The Balaban J connectivity index is 1.98. The summed E-state index contributed by atoms with van der Waals surface area (Å²) in [6, 6.07) is 9.24. The van der Waals surface area contributed by atoms with E-state index >= 15 is 0 Å². The number of non-ortho nitro benzene ring substituents is 1. The molecule has 2 amide bonds. The molecule has 0 saturated heterocycles. The van der Waals surface area contributed by atoms with Crippen molar-refractivity contribution in [2.45, 2.75) is 6.18 Å². The van der Waals surface area contributed by atoms with Crippen molar-refractivity contribution in [3.05, 3.63) is 69.8 Å². The Morgan fingerprint density at radius 2 is 1.67 bits per heavy atom. The number of rotatable bonds is 4. The molecule has 11 heteroatoms. The summed E-state index contributed by atoms with van der Waals surface area (Å²) < 4.78 is 38.5. The van der Waals surface area contributed by atoms with Crippen LogP contribution in [0.5, 0.6) is 0 Å². The maximum Gasteiger partial charge on any atom is 0.417 e. The highest BCUT2D eigenvalue weighted by atomic mass is 19.4. The number of amides is 2. The van der Waals surface area contributed by atoms with E-state index < -0.39 is 28.5 Å². The average Bonchev–Trinajstić information content (AvgIpc) is 2.61. The number of nitrogens with one attached hydrogen (secondary N) is 2. The van der Waals surface area contributed by atoms with E-state index in [-0.39, 0.29) is 16.9 Å². The lowest BCUT2D eigenvalue weighted by molar-refractivity contribution is -0.384. The van der Waals surface area contributed by atoms with Gasteiger partial charge in [-0.3, -0.25) is 19.7 Å². The monoisotopic (exact) mass is 380 g/mol. The molecule has 27 heavy (non-hydrogen) atoms. The Kier molecular flexibility index (Phi) is 5.85. The van der Waals surface area contributed by atoms with Gasteiger partial charge in [0.05, 0.1) is 16.7 Å². The first-order valence-electron chi connectivity index (χ1n) is 7.23. The van der Waals surface area contributed by atoms with Gasteiger partial charge in [-0.05, 0) is 18.2 Å². The van der Waals surface area contributed by atoms with E-state index in [4.69, 9.17) is 0 Å². The highest BCUT2D eigenvalue weighted by Crippen LogP contribution is 2.31. The minimum Gasteiger partial charge on any atom is -0.318 e. The van der Waals surface area contributed by atoms with Gasteiger partial charge in [0.2, 0.25) is 0 Å². The van der Waals surface area contributed by atoms with E-state index in [1.165, 1.54) is 24.3 Å². The fourth-order valence-electron chi connectivity index (χ4n) is 1.93. The molecule has 0 heterocycles. The zero-order valence-corrected chi connectivity index (χ0v) is 13.4. The average molecular weight is 380 g/mol. The summed E-state index contributed by atoms with van der Waals surface area (Å²) in [5.74, 6) is -2.38. The van der Waals surface area contributed by atoms with Crippen molar-refractivity contribution in [1.82, 2.24) is 5.43 Å². The van der Waals surface area contributed by atoms with Crippen LogP contribution in [0.4, 0.5) is 24.5 Å². The normalized spacial score (nSPS) is 11.2. The van der Waals surface area contributed by atoms with Gasteiger partial charge in [0, 0.05) is 23.4 Å². The Bertz CT molecular complexity index is 895. The van der Waals surface area contributed by atoms with Crippen LogP contribution in [-0.2, 0) is 15.8 Å². The third-order valence-electron chi connectivity index (χ3n) is 3.18. The summed E-state index contributed by atoms with van der Waals surface area (Å²) in [4.78, 5) is 33.2. The maximum absolute atomic E-state index is 12.8. The van der Waals surface area contributed by atoms with Crippen molar-refractivity contribution in [1.29, 1.82) is 0 Å². The van der Waals surface area contributed by atoms with Gasteiger partial charge in [0.1, 0.15) is 0 Å². The minimum absolute atomic E-state index is 0.118. The van der Waals surface area contributed by atoms with Gasteiger partial charge in [0.15, 0.2) is 0 Å². The highest BCUT2D eigenvalue weighted by Gasteiger charge is 2.32. The topological polar surface area (TPSA) is 114 Å². The lowest BCUT2D eigenvalue weighted by Crippen LogP contribution is -2.32. The van der Waals surface area contributed by atoms with Crippen molar-refractivity contribution < 1.29 is 27.7 Å². The first-order chi connectivity index (χ1) is 12.7. The molecule has 2 aromatic carbocycles. The Hall–Kier alpha value is -3.76. The molecule has 0 radical (unpaired) electrons. The number of nitro groups is 1. The summed E-state index contributed by atoms with van der Waals surface area (Å²) >= 11 is 0. The number of halogens is 3. The standard InChI is InChI=1S/C16H11F3N4O4/c17-16(18,19)13-4-2-1-3-10(13)9-20-22-15(25)14(24)21-11-5-7-12(8-6-11)23(26)27/h1-9H,(H,21,24)(H,22,25)/b20-9-. The van der Waals surface area contributed by atoms with Crippen molar-refractivity contribution in [3.8, 4) is 0 Å². The van der Waals surface area contributed by atoms with Gasteiger partial charge < -0.3 is 5.32 Å². The number of nitro benzene ring substituents is 1. The predicted molar refractivity (Wildman–Crippen MR) is 88.9 cm³/mol. The smallest absolute Gasteiger partial charge is 0.318 e. The molecule has 0 aromatic heterocycles. The third-order valence-corrected chi connectivity index (χ3v) is 3.18. The summed E-state index contributed by atoms with van der Waals surface area (Å²) in [5.41, 5.74) is 0.480. The van der Waals surface area contributed by atoms with Crippen molar-refractivity contribution in [2.75, 3.05) is 5.32 Å². The lowest BCUT2D eigenvalue weighted by Gasteiger charge is -2.09. The van der Waals surface area contributed by atoms with E-state index in [0.29, 0.717) is 0 Å². The number of carbonyl (C=O) groups is 2. The molecule has 2 N–H and O–H groups in total. The van der Waals surface area contributed by atoms with Crippen LogP contribution in [-0.4, -0.2) is 23.0 Å². The van der Waals surface area contributed by atoms with E-state index in [9.17, 15) is 32.9 Å². The number of alkyl halides is 3. The molecule has 0 saturated carbocycles. The third kappa shape index (κ3) is 5.36. The van der Waals surface area contributed by atoms with Gasteiger partial charge in [-0.25, -0.2) is 5.43 Å². The lowest BCUT2D eigenvalue weighted by atomic mass is 10.1. The first-order valence-corrected chi connectivity index (χ1v) is 7.23. The second-order valence-electron chi connectivity index (χ2n) is 5.04. The van der Waals surface area contributed by atoms with Crippen molar-refractivity contribution in [2.24, 2.45) is 5.10 Å². The number of hydrogen-bond donors (Lipinski definition) is 2. The van der Waals surface area contributed by atoms with Crippen LogP contribution in [0.25, 0.3) is 0 Å². The molecule has 0 aliphatic rings. The first kappa shape index (κ1) is 19.6. The minimum atomic E-state index is -4.60. The number of anilines is 1. The number of carbonyl (C=O) groups excluding carboxylic acids is 2. The van der Waals surface area contributed by atoms with Crippen LogP contribution >= 0.6 is 0 Å². The van der Waals surface area contributed by atoms with Gasteiger partial charge in [-0.2, -0.15) is 18.3 Å². The van der Waals surface area contributed by atoms with Gasteiger partial charge in [-0.1, -0.05) is 18.2 Å². The Labute approximate surface area is 149 Å². The van der Waals surface area contributed by atoms with E-state index in [2.05, 4.69) is 10.4 Å². The van der Waals surface area contributed by atoms with Crippen LogP contribution in [0.2, 0.25) is 0 Å². The van der Waals surface area contributed by atoms with Crippen LogP contribution in [0.3, 0.4) is 0 Å². The molecule has 0 fully saturated rings. The van der Waals surface area contributed by atoms with Crippen molar-refractivity contribution >= 4 is 29.4 Å². The van der Waals surface area contributed by atoms with Crippen molar-refractivity contribution in [3.63, 3.8) is 0 Å². The summed E-state index contributed by atoms with van der Waals surface area (Å²) in [6.45, 7) is 0. The van der Waals surface area contributed by atoms with Gasteiger partial charge >= 0.3 is 18.0 Å². The van der Waals surface area contributed by atoms with E-state index in [1.807, 2.05) is 0 Å². The van der Waals surface area contributed by atoms with Gasteiger partial charge in [-0.15, -0.1) is 0 Å². The van der Waals surface area contributed by atoms with E-state index in [1.54, 1.807) is 5.43 Å². The highest BCUT2D eigenvalue weighted by molar-refractivity contribution is 6.39. The molecule has 8 nitrogen and oxygen atoms in total. The fraction of sp³-hybridized carbons (Fsp3) is 0.0625. The zero-order chi connectivity index (χ0) is 20.0. The molecule has 2 aromatic rings. The largest absolute Gasteiger partial charge is 0.417 e. The van der Waals surface area contributed by atoms with E-state index in [0.717, 1.165) is 30.5 Å². The summed E-state index contributed by atoms with van der Waals surface area (Å²) in [5, 5.41) is 16.0. The maximum atomic E-state index is 12.8. The number of nitrogens with zero attached hydrogens (tertiary/aromatic N) is 2. The molecular weight excluding hydrogens is 369 g/mol. The molecule has 0 aliphatic carbocycles. The summed E-state index contributed by atoms with van der Waals surface area (Å²) in [7, 11) is 0. The molecule has 0 aliphatic heterocycles. The molecule has 0 spiro atoms. The van der Waals surface area contributed by atoms with Crippen LogP contribution in [0, 0.1) is 10.1 Å². The van der Waals surface area contributed by atoms with Crippen LogP contribution in [0.1, 0.15) is 11.1 Å². The van der Waals surface area contributed by atoms with Crippen LogP contribution in [0.15, 0.2) is 53.6 Å². The molecule has 0 atom stereocenters. The summed E-state index contributed by atoms with van der Waals surface area (Å²) in [6.07, 6.45) is -3.83. The molecule has 2 rings (SSSR count). The second kappa shape index (κ2) is 8.08. The number of hydrogen-bond acceptors (Lipinski definition) is 5. The number of hydrazone groups is 1. The quantitative estimate of drug-likeness (QED) is 0.367. The van der Waals surface area contributed by atoms with Crippen LogP contribution < -0.4 is 10.7 Å². The fourth-order valence-corrected chi connectivity index (χ4v) is 1.93.